The van der Waals surface area contributed by atoms with Crippen LogP contribution in [-0.2, 0) is 4.74 Å². The van der Waals surface area contributed by atoms with E-state index in [2.05, 4.69) is 56.7 Å². The average molecular weight is 342 g/mol. The number of aromatic nitrogens is 1. The monoisotopic (exact) mass is 341 g/mol. The fraction of sp³-hybridized carbons (Fsp3) is 0.667. The van der Waals surface area contributed by atoms with Crippen LogP contribution in [0.25, 0.3) is 0 Å². The van der Waals surface area contributed by atoms with Gasteiger partial charge in [0.05, 0.1) is 6.61 Å². The van der Waals surface area contributed by atoms with Gasteiger partial charge in [0.25, 0.3) is 0 Å². The first-order valence-electron chi connectivity index (χ1n) is 7.42. The molecular weight excluding hydrogens is 318 g/mol. The van der Waals surface area contributed by atoms with Crippen molar-refractivity contribution in [1.82, 2.24) is 9.88 Å². The summed E-state index contributed by atoms with van der Waals surface area (Å²) in [5.41, 5.74) is 0. The molecule has 0 aliphatic carbocycles. The van der Waals surface area contributed by atoms with Gasteiger partial charge in [-0.25, -0.2) is 4.98 Å². The van der Waals surface area contributed by atoms with Crippen LogP contribution < -0.4 is 4.90 Å². The van der Waals surface area contributed by atoms with E-state index < -0.39 is 0 Å². The molecule has 0 amide bonds. The molecule has 1 fully saturated rings. The molecule has 1 saturated heterocycles. The van der Waals surface area contributed by atoms with E-state index in [4.69, 9.17) is 4.74 Å². The molecule has 0 N–H and O–H groups in total. The maximum Gasteiger partial charge on any atom is 0.128 e. The Bertz CT molecular complexity index is 399. The predicted octanol–water partition coefficient (Wildman–Crippen LogP) is 2.78. The smallest absolute Gasteiger partial charge is 0.128 e. The maximum atomic E-state index is 5.48. The molecule has 1 aromatic heterocycles. The van der Waals surface area contributed by atoms with E-state index in [9.17, 15) is 0 Å². The average Bonchev–Trinajstić information content (AvgIpc) is 2.48. The highest BCUT2D eigenvalue weighted by molar-refractivity contribution is 9.10. The van der Waals surface area contributed by atoms with Gasteiger partial charge in [-0.3, -0.25) is 4.90 Å². The van der Waals surface area contributed by atoms with Crippen LogP contribution in [-0.4, -0.2) is 55.3 Å². The Hall–Kier alpha value is -0.650. The SMILES string of the molecule is CCOCCN1CCN(c2ccc(Br)cn2)C[C@H]1CC. The molecule has 2 heterocycles. The lowest BCUT2D eigenvalue weighted by atomic mass is 10.1. The van der Waals surface area contributed by atoms with Gasteiger partial charge >= 0.3 is 0 Å². The van der Waals surface area contributed by atoms with Gasteiger partial charge in [0.2, 0.25) is 0 Å². The van der Waals surface area contributed by atoms with Crippen molar-refractivity contribution in [2.24, 2.45) is 0 Å². The molecule has 5 heteroatoms. The number of piperazine rings is 1. The molecule has 0 bridgehead atoms. The first kappa shape index (κ1) is 15.7. The van der Waals surface area contributed by atoms with Gasteiger partial charge < -0.3 is 9.64 Å². The summed E-state index contributed by atoms with van der Waals surface area (Å²) in [5, 5.41) is 0. The highest BCUT2D eigenvalue weighted by Gasteiger charge is 2.25. The predicted molar refractivity (Wildman–Crippen MR) is 86.3 cm³/mol. The Morgan fingerprint density at radius 1 is 1.35 bits per heavy atom. The highest BCUT2D eigenvalue weighted by atomic mass is 79.9. The van der Waals surface area contributed by atoms with Gasteiger partial charge in [-0.2, -0.15) is 0 Å². The number of nitrogens with zero attached hydrogens (tertiary/aromatic N) is 3. The molecule has 1 aliphatic heterocycles. The normalized spacial score (nSPS) is 20.4. The van der Waals surface area contributed by atoms with Gasteiger partial charge in [0, 0.05) is 49.5 Å². The lowest BCUT2D eigenvalue weighted by Gasteiger charge is -2.41. The molecule has 0 saturated carbocycles. The molecule has 112 valence electrons. The summed E-state index contributed by atoms with van der Waals surface area (Å²) in [6, 6.07) is 4.74. The molecule has 0 spiro atoms. The Labute approximate surface area is 130 Å². The van der Waals surface area contributed by atoms with E-state index >= 15 is 0 Å². The molecule has 4 nitrogen and oxygen atoms in total. The quantitative estimate of drug-likeness (QED) is 0.744. The molecule has 0 unspecified atom stereocenters. The van der Waals surface area contributed by atoms with E-state index in [1.165, 1.54) is 6.42 Å². The highest BCUT2D eigenvalue weighted by Crippen LogP contribution is 2.20. The minimum Gasteiger partial charge on any atom is -0.380 e. The van der Waals surface area contributed by atoms with E-state index in [0.29, 0.717) is 6.04 Å². The van der Waals surface area contributed by atoms with Gasteiger partial charge in [-0.1, -0.05) is 6.92 Å². The molecule has 1 aliphatic rings. The lowest BCUT2D eigenvalue weighted by molar-refractivity contribution is 0.0869. The number of hydrogen-bond donors (Lipinski definition) is 0. The summed E-state index contributed by atoms with van der Waals surface area (Å²) in [6.45, 7) is 10.2. The Morgan fingerprint density at radius 3 is 2.85 bits per heavy atom. The van der Waals surface area contributed by atoms with Crippen molar-refractivity contribution in [1.29, 1.82) is 0 Å². The second-order valence-corrected chi connectivity index (χ2v) is 5.99. The van der Waals surface area contributed by atoms with Crippen LogP contribution in [0.4, 0.5) is 5.82 Å². The molecule has 0 radical (unpaired) electrons. The Kier molecular flexibility index (Phi) is 6.26. The Balaban J connectivity index is 1.92. The molecule has 0 aromatic carbocycles. The van der Waals surface area contributed by atoms with Crippen molar-refractivity contribution in [3.05, 3.63) is 22.8 Å². The molecule has 1 atom stereocenters. The van der Waals surface area contributed by atoms with E-state index in [-0.39, 0.29) is 0 Å². The van der Waals surface area contributed by atoms with E-state index in [1.807, 2.05) is 6.20 Å². The number of hydrogen-bond acceptors (Lipinski definition) is 4. The van der Waals surface area contributed by atoms with Crippen molar-refractivity contribution in [2.45, 2.75) is 26.3 Å². The van der Waals surface area contributed by atoms with Crippen molar-refractivity contribution >= 4 is 21.7 Å². The largest absolute Gasteiger partial charge is 0.380 e. The molecule has 1 aromatic rings. The topological polar surface area (TPSA) is 28.6 Å². The first-order chi connectivity index (χ1) is 9.74. The summed E-state index contributed by atoms with van der Waals surface area (Å²) >= 11 is 3.44. The molecular formula is C15H24BrN3O. The van der Waals surface area contributed by atoms with E-state index in [0.717, 1.165) is 49.7 Å². The Morgan fingerprint density at radius 2 is 2.20 bits per heavy atom. The third kappa shape index (κ3) is 4.17. The van der Waals surface area contributed by atoms with Crippen LogP contribution in [0.2, 0.25) is 0 Å². The van der Waals surface area contributed by atoms with E-state index in [1.54, 1.807) is 0 Å². The standard InChI is InChI=1S/C15H24BrN3O/c1-3-14-12-19(15-6-5-13(16)11-17-15)8-7-18(14)9-10-20-4-2/h5-6,11,14H,3-4,7-10,12H2,1-2H3/t14-/m1/s1. The first-order valence-corrected chi connectivity index (χ1v) is 8.22. The summed E-state index contributed by atoms with van der Waals surface area (Å²) in [5.74, 6) is 1.08. The molecule has 2 rings (SSSR count). The zero-order chi connectivity index (χ0) is 14.4. The maximum absolute atomic E-state index is 5.48. The number of anilines is 1. The van der Waals surface area contributed by atoms with Crippen LogP contribution in [0.15, 0.2) is 22.8 Å². The van der Waals surface area contributed by atoms with Gasteiger partial charge in [0.15, 0.2) is 0 Å². The van der Waals surface area contributed by atoms with Crippen LogP contribution in [0.3, 0.4) is 0 Å². The van der Waals surface area contributed by atoms with Crippen LogP contribution in [0, 0.1) is 0 Å². The molecule has 20 heavy (non-hydrogen) atoms. The summed E-state index contributed by atoms with van der Waals surface area (Å²) in [7, 11) is 0. The van der Waals surface area contributed by atoms with Crippen LogP contribution in [0.1, 0.15) is 20.3 Å². The van der Waals surface area contributed by atoms with Gasteiger partial charge in [0.1, 0.15) is 5.82 Å². The zero-order valence-corrected chi connectivity index (χ0v) is 14.0. The second-order valence-electron chi connectivity index (χ2n) is 5.08. The number of rotatable bonds is 6. The van der Waals surface area contributed by atoms with Crippen molar-refractivity contribution in [2.75, 3.05) is 44.3 Å². The number of halogens is 1. The van der Waals surface area contributed by atoms with Crippen molar-refractivity contribution in [3.8, 4) is 0 Å². The summed E-state index contributed by atoms with van der Waals surface area (Å²) in [6.07, 6.45) is 3.04. The summed E-state index contributed by atoms with van der Waals surface area (Å²) in [4.78, 5) is 9.44. The van der Waals surface area contributed by atoms with Crippen LogP contribution >= 0.6 is 15.9 Å². The third-order valence-electron chi connectivity index (χ3n) is 3.84. The van der Waals surface area contributed by atoms with Gasteiger partial charge in [-0.05, 0) is 41.4 Å². The minimum atomic E-state index is 0.592. The third-order valence-corrected chi connectivity index (χ3v) is 4.31. The van der Waals surface area contributed by atoms with Crippen LogP contribution in [0.5, 0.6) is 0 Å². The number of ether oxygens (including phenoxy) is 1. The fourth-order valence-corrected chi connectivity index (χ4v) is 2.90. The van der Waals surface area contributed by atoms with Gasteiger partial charge in [-0.15, -0.1) is 0 Å². The summed E-state index contributed by atoms with van der Waals surface area (Å²) < 4.78 is 6.51. The number of pyridine rings is 1. The second kappa shape index (κ2) is 7.96. The van der Waals surface area contributed by atoms with Crippen molar-refractivity contribution < 1.29 is 4.74 Å². The minimum absolute atomic E-state index is 0.592. The zero-order valence-electron chi connectivity index (χ0n) is 12.4. The van der Waals surface area contributed by atoms with Crippen molar-refractivity contribution in [3.63, 3.8) is 0 Å². The fourth-order valence-electron chi connectivity index (χ4n) is 2.66. The lowest BCUT2D eigenvalue weighted by Crippen LogP contribution is -2.54.